The van der Waals surface area contributed by atoms with Gasteiger partial charge in [-0.25, -0.2) is 4.98 Å². The van der Waals surface area contributed by atoms with Gasteiger partial charge in [0.2, 0.25) is 11.1 Å². The molecule has 0 amide bonds. The maximum Gasteiger partial charge on any atom is 0.441 e. The van der Waals surface area contributed by atoms with Gasteiger partial charge in [0, 0.05) is 12.3 Å². The first-order valence-corrected chi connectivity index (χ1v) is 6.20. The van der Waals surface area contributed by atoms with Crippen LogP contribution < -0.4 is 5.32 Å². The van der Waals surface area contributed by atoms with Crippen molar-refractivity contribution in [1.29, 1.82) is 0 Å². The van der Waals surface area contributed by atoms with Gasteiger partial charge < -0.3 is 5.32 Å². The predicted octanol–water partition coefficient (Wildman–Crippen LogP) is 3.01. The van der Waals surface area contributed by atoms with E-state index in [-0.39, 0.29) is 40.9 Å². The highest BCUT2D eigenvalue weighted by Gasteiger charge is 2.28. The number of hydrogen-bond donors (Lipinski definition) is 1. The zero-order chi connectivity index (χ0) is 14.6. The molecule has 1 rings (SSSR count). The highest BCUT2D eigenvalue weighted by Crippen LogP contribution is 2.30. The summed E-state index contributed by atoms with van der Waals surface area (Å²) in [4.78, 5) is 17.3. The summed E-state index contributed by atoms with van der Waals surface area (Å²) in [5.41, 5.74) is -4.70. The van der Waals surface area contributed by atoms with E-state index < -0.39 is 16.1 Å². The summed E-state index contributed by atoms with van der Waals surface area (Å²) in [5.74, 6) is -0.494. The lowest BCUT2D eigenvalue weighted by molar-refractivity contribution is -0.385. The van der Waals surface area contributed by atoms with Gasteiger partial charge in [-0.05, 0) is 30.3 Å². The number of nitrogens with zero attached hydrogens (tertiary/aromatic N) is 3. The van der Waals surface area contributed by atoms with Crippen LogP contribution in [0.25, 0.3) is 0 Å². The lowest BCUT2D eigenvalue weighted by Crippen LogP contribution is -2.12. The molecule has 0 saturated heterocycles. The third-order valence-electron chi connectivity index (χ3n) is 1.87. The molecule has 1 aromatic heterocycles. The first-order valence-electron chi connectivity index (χ1n) is 4.84. The van der Waals surface area contributed by atoms with Crippen LogP contribution in [0.4, 0.5) is 24.7 Å². The van der Waals surface area contributed by atoms with E-state index in [0.717, 1.165) is 0 Å². The van der Waals surface area contributed by atoms with Crippen LogP contribution in [-0.2, 0) is 0 Å². The summed E-state index contributed by atoms with van der Waals surface area (Å²) in [7, 11) is 0. The Hall–Kier alpha value is -1.29. The summed E-state index contributed by atoms with van der Waals surface area (Å²) in [6, 6.07) is 0. The largest absolute Gasteiger partial charge is 0.441 e. The zero-order valence-corrected chi connectivity index (χ0v) is 11.1. The molecule has 0 aliphatic heterocycles. The molecule has 19 heavy (non-hydrogen) atoms. The Morgan fingerprint density at radius 1 is 1.47 bits per heavy atom. The van der Waals surface area contributed by atoms with Gasteiger partial charge in [0.25, 0.3) is 0 Å². The van der Waals surface area contributed by atoms with Crippen molar-refractivity contribution in [2.75, 3.05) is 17.6 Å². The number of aryl methyl sites for hydroxylation is 1. The summed E-state index contributed by atoms with van der Waals surface area (Å²) in [5, 5.41) is 13.0. The fourth-order valence-corrected chi connectivity index (χ4v) is 1.86. The SMILES string of the molecule is Cc1nc(Cl)nc(NCCSC(F)(F)F)c1[N+](=O)[O-]. The van der Waals surface area contributed by atoms with E-state index >= 15 is 0 Å². The predicted molar refractivity (Wildman–Crippen MR) is 65.4 cm³/mol. The highest BCUT2D eigenvalue weighted by atomic mass is 35.5. The van der Waals surface area contributed by atoms with Crippen molar-refractivity contribution in [2.45, 2.75) is 12.4 Å². The van der Waals surface area contributed by atoms with Crippen LogP contribution in [0.1, 0.15) is 5.69 Å². The smallest absolute Gasteiger partial charge is 0.363 e. The number of aromatic nitrogens is 2. The number of nitrogens with one attached hydrogen (secondary N) is 1. The maximum atomic E-state index is 11.9. The van der Waals surface area contributed by atoms with Gasteiger partial charge in [-0.2, -0.15) is 18.2 Å². The minimum Gasteiger partial charge on any atom is -0.363 e. The lowest BCUT2D eigenvalue weighted by Gasteiger charge is -2.08. The molecule has 0 saturated carbocycles. The van der Waals surface area contributed by atoms with Crippen LogP contribution in [0, 0.1) is 17.0 Å². The summed E-state index contributed by atoms with van der Waals surface area (Å²) < 4.78 is 35.7. The minimum atomic E-state index is -4.34. The molecule has 1 aromatic rings. The molecule has 0 aliphatic carbocycles. The molecule has 0 radical (unpaired) electrons. The standard InChI is InChI=1S/C8H8ClF3N4O2S/c1-4-5(16(17)18)6(15-7(9)14-4)13-2-3-19-8(10,11)12/h2-3H2,1H3,(H,13,14,15). The van der Waals surface area contributed by atoms with Gasteiger partial charge in [0.15, 0.2) is 0 Å². The Bertz CT molecular complexity index is 486. The summed E-state index contributed by atoms with van der Waals surface area (Å²) in [6.07, 6.45) is 0. The third-order valence-corrected chi connectivity index (χ3v) is 2.78. The van der Waals surface area contributed by atoms with E-state index in [9.17, 15) is 23.3 Å². The average Bonchev–Trinajstić information content (AvgIpc) is 2.21. The molecule has 0 aromatic carbocycles. The van der Waals surface area contributed by atoms with Gasteiger partial charge in [-0.1, -0.05) is 0 Å². The van der Waals surface area contributed by atoms with Crippen LogP contribution in [-0.4, -0.2) is 32.7 Å². The first kappa shape index (κ1) is 15.8. The number of halogens is 4. The molecule has 11 heteroatoms. The van der Waals surface area contributed by atoms with E-state index in [2.05, 4.69) is 15.3 Å². The third kappa shape index (κ3) is 5.07. The zero-order valence-electron chi connectivity index (χ0n) is 9.49. The fraction of sp³-hybridized carbons (Fsp3) is 0.500. The summed E-state index contributed by atoms with van der Waals surface area (Å²) in [6.45, 7) is 1.22. The molecule has 1 heterocycles. The molecule has 0 spiro atoms. The Balaban J connectivity index is 2.75. The Kier molecular flexibility index (Phi) is 5.18. The van der Waals surface area contributed by atoms with Gasteiger partial charge in [0.05, 0.1) is 4.92 Å². The molecular weight excluding hydrogens is 309 g/mol. The Morgan fingerprint density at radius 2 is 2.11 bits per heavy atom. The van der Waals surface area contributed by atoms with Crippen molar-refractivity contribution in [2.24, 2.45) is 0 Å². The van der Waals surface area contributed by atoms with Crippen molar-refractivity contribution in [3.8, 4) is 0 Å². The van der Waals surface area contributed by atoms with Crippen molar-refractivity contribution < 1.29 is 18.1 Å². The number of hydrogen-bond acceptors (Lipinski definition) is 6. The van der Waals surface area contributed by atoms with Gasteiger partial charge in [0.1, 0.15) is 5.69 Å². The van der Waals surface area contributed by atoms with Crippen molar-refractivity contribution in [3.63, 3.8) is 0 Å². The van der Waals surface area contributed by atoms with Crippen molar-refractivity contribution in [1.82, 2.24) is 9.97 Å². The lowest BCUT2D eigenvalue weighted by atomic mass is 10.3. The summed E-state index contributed by atoms with van der Waals surface area (Å²) >= 11 is 5.31. The quantitative estimate of drug-likeness (QED) is 0.389. The second-order valence-electron chi connectivity index (χ2n) is 3.25. The van der Waals surface area contributed by atoms with E-state index in [4.69, 9.17) is 11.6 Å². The van der Waals surface area contributed by atoms with E-state index in [0.29, 0.717) is 0 Å². The average molecular weight is 317 g/mol. The van der Waals surface area contributed by atoms with Crippen LogP contribution in [0.5, 0.6) is 0 Å². The van der Waals surface area contributed by atoms with E-state index in [1.165, 1.54) is 6.92 Å². The molecule has 0 aliphatic rings. The van der Waals surface area contributed by atoms with Crippen LogP contribution in [0.3, 0.4) is 0 Å². The molecule has 0 atom stereocenters. The van der Waals surface area contributed by atoms with Crippen LogP contribution >= 0.6 is 23.4 Å². The molecule has 106 valence electrons. The Labute approximate surface area is 114 Å². The van der Waals surface area contributed by atoms with Gasteiger partial charge in [-0.15, -0.1) is 0 Å². The van der Waals surface area contributed by atoms with Crippen LogP contribution in [0.15, 0.2) is 0 Å². The van der Waals surface area contributed by atoms with Gasteiger partial charge in [-0.3, -0.25) is 10.1 Å². The molecule has 1 N–H and O–H groups in total. The normalized spacial score (nSPS) is 11.4. The van der Waals surface area contributed by atoms with E-state index in [1.54, 1.807) is 0 Å². The molecule has 0 unspecified atom stereocenters. The van der Waals surface area contributed by atoms with Crippen molar-refractivity contribution in [3.05, 3.63) is 21.1 Å². The molecule has 0 bridgehead atoms. The monoisotopic (exact) mass is 316 g/mol. The number of anilines is 1. The second-order valence-corrected chi connectivity index (χ2v) is 4.75. The first-order chi connectivity index (χ1) is 8.70. The fourth-order valence-electron chi connectivity index (χ4n) is 1.21. The number of rotatable bonds is 5. The number of alkyl halides is 3. The minimum absolute atomic E-state index is 0.0379. The highest BCUT2D eigenvalue weighted by molar-refractivity contribution is 8.00. The topological polar surface area (TPSA) is 81.0 Å². The van der Waals surface area contributed by atoms with E-state index in [1.807, 2.05) is 0 Å². The number of thioether (sulfide) groups is 1. The molecular formula is C8H8ClF3N4O2S. The van der Waals surface area contributed by atoms with Crippen molar-refractivity contribution >= 4 is 34.9 Å². The second kappa shape index (κ2) is 6.24. The van der Waals surface area contributed by atoms with Gasteiger partial charge >= 0.3 is 11.2 Å². The Morgan fingerprint density at radius 3 is 2.63 bits per heavy atom. The maximum absolute atomic E-state index is 11.9. The molecule has 0 fully saturated rings. The number of nitro groups is 1. The molecule has 6 nitrogen and oxygen atoms in total. The van der Waals surface area contributed by atoms with Crippen LogP contribution in [0.2, 0.25) is 5.28 Å².